The first-order valence-corrected chi connectivity index (χ1v) is 7.00. The zero-order chi connectivity index (χ0) is 13.0. The molecule has 0 heterocycles. The molecule has 1 fully saturated rings. The molecule has 0 bridgehead atoms. The van der Waals surface area contributed by atoms with Crippen LogP contribution >= 0.6 is 0 Å². The van der Waals surface area contributed by atoms with E-state index >= 15 is 0 Å². The summed E-state index contributed by atoms with van der Waals surface area (Å²) in [5.74, 6) is 0.888. The third-order valence-corrected chi connectivity index (χ3v) is 4.04. The van der Waals surface area contributed by atoms with Crippen LogP contribution in [-0.4, -0.2) is 5.78 Å². The van der Waals surface area contributed by atoms with E-state index in [1.807, 2.05) is 0 Å². The number of Topliss-reactive ketones (excluding diaryl/α,β-unsaturated/α-hetero) is 1. The summed E-state index contributed by atoms with van der Waals surface area (Å²) in [7, 11) is 0. The molecule has 0 radical (unpaired) electrons. The van der Waals surface area contributed by atoms with Crippen molar-refractivity contribution < 1.29 is 9.18 Å². The molecule has 0 spiro atoms. The molecule has 98 valence electrons. The second-order valence-electron chi connectivity index (χ2n) is 5.38. The summed E-state index contributed by atoms with van der Waals surface area (Å²) >= 11 is 0. The Balaban J connectivity index is 1.93. The molecule has 0 N–H and O–H groups in total. The molecule has 0 amide bonds. The van der Waals surface area contributed by atoms with Crippen molar-refractivity contribution in [1.82, 2.24) is 0 Å². The quantitative estimate of drug-likeness (QED) is 0.711. The number of halogens is 1. The normalized spacial score (nSPS) is 23.9. The lowest BCUT2D eigenvalue weighted by Crippen LogP contribution is -2.22. The van der Waals surface area contributed by atoms with Gasteiger partial charge in [0.05, 0.1) is 0 Å². The predicted molar refractivity (Wildman–Crippen MR) is 71.1 cm³/mol. The maximum atomic E-state index is 12.8. The zero-order valence-electron chi connectivity index (χ0n) is 11.0. The Labute approximate surface area is 108 Å². The molecule has 0 unspecified atom stereocenters. The van der Waals surface area contributed by atoms with E-state index in [-0.39, 0.29) is 17.5 Å². The van der Waals surface area contributed by atoms with Crippen molar-refractivity contribution in [3.05, 3.63) is 35.6 Å². The summed E-state index contributed by atoms with van der Waals surface area (Å²) in [6, 6.07) is 5.96. The summed E-state index contributed by atoms with van der Waals surface area (Å²) in [5.41, 5.74) is 0.662. The van der Waals surface area contributed by atoms with Crippen LogP contribution in [-0.2, 0) is 0 Å². The van der Waals surface area contributed by atoms with Gasteiger partial charge in [-0.2, -0.15) is 0 Å². The first-order chi connectivity index (χ1) is 8.70. The minimum Gasteiger partial charge on any atom is -0.294 e. The van der Waals surface area contributed by atoms with Crippen molar-refractivity contribution in [3.63, 3.8) is 0 Å². The van der Waals surface area contributed by atoms with Crippen LogP contribution in [0.4, 0.5) is 4.39 Å². The Morgan fingerprint density at radius 3 is 2.33 bits per heavy atom. The topological polar surface area (TPSA) is 17.1 Å². The van der Waals surface area contributed by atoms with Crippen molar-refractivity contribution in [3.8, 4) is 0 Å². The maximum Gasteiger partial charge on any atom is 0.165 e. The fourth-order valence-electron chi connectivity index (χ4n) is 2.97. The minimum atomic E-state index is -0.279. The fraction of sp³-hybridized carbons (Fsp3) is 0.562. The van der Waals surface area contributed by atoms with E-state index in [2.05, 4.69) is 6.92 Å². The Bertz CT molecular complexity index is 388. The van der Waals surface area contributed by atoms with Crippen LogP contribution in [0.15, 0.2) is 24.3 Å². The predicted octanol–water partition coefficient (Wildman–Crippen LogP) is 4.61. The average Bonchev–Trinajstić information content (AvgIpc) is 2.40. The van der Waals surface area contributed by atoms with E-state index in [9.17, 15) is 9.18 Å². The van der Waals surface area contributed by atoms with Gasteiger partial charge < -0.3 is 0 Å². The molecule has 1 nitrogen and oxygen atoms in total. The standard InChI is InChI=1S/C16H21FO/c1-2-3-12-4-6-13(7-5-12)16(18)14-8-10-15(17)11-9-14/h8-13H,2-7H2,1H3. The molecule has 0 saturated heterocycles. The Morgan fingerprint density at radius 1 is 1.17 bits per heavy atom. The van der Waals surface area contributed by atoms with Crippen molar-refractivity contribution in [2.24, 2.45) is 11.8 Å². The summed E-state index contributed by atoms with van der Waals surface area (Å²) in [5, 5.41) is 0. The van der Waals surface area contributed by atoms with Gasteiger partial charge in [-0.25, -0.2) is 4.39 Å². The van der Waals surface area contributed by atoms with Crippen molar-refractivity contribution in [1.29, 1.82) is 0 Å². The van der Waals surface area contributed by atoms with E-state index in [0.717, 1.165) is 18.8 Å². The smallest absolute Gasteiger partial charge is 0.165 e. The summed E-state index contributed by atoms with van der Waals surface area (Å²) in [6.45, 7) is 2.22. The van der Waals surface area contributed by atoms with Crippen molar-refractivity contribution in [2.45, 2.75) is 45.4 Å². The highest BCUT2D eigenvalue weighted by Gasteiger charge is 2.26. The summed E-state index contributed by atoms with van der Waals surface area (Å²) in [6.07, 6.45) is 6.87. The molecule has 2 rings (SSSR count). The van der Waals surface area contributed by atoms with Crippen LogP contribution in [0.25, 0.3) is 0 Å². The fourth-order valence-corrected chi connectivity index (χ4v) is 2.97. The van der Waals surface area contributed by atoms with Crippen LogP contribution < -0.4 is 0 Å². The highest BCUT2D eigenvalue weighted by atomic mass is 19.1. The summed E-state index contributed by atoms with van der Waals surface area (Å²) < 4.78 is 12.8. The third-order valence-electron chi connectivity index (χ3n) is 4.04. The van der Waals surface area contributed by atoms with Gasteiger partial charge in [-0.05, 0) is 55.9 Å². The SMILES string of the molecule is CCCC1CCC(C(=O)c2ccc(F)cc2)CC1. The van der Waals surface area contributed by atoms with E-state index in [4.69, 9.17) is 0 Å². The van der Waals surface area contributed by atoms with Gasteiger partial charge in [-0.3, -0.25) is 4.79 Å². The molecular formula is C16H21FO. The Kier molecular flexibility index (Phi) is 4.51. The number of carbonyl (C=O) groups excluding carboxylic acids is 1. The molecule has 2 heteroatoms. The van der Waals surface area contributed by atoms with E-state index in [1.165, 1.54) is 37.8 Å². The second-order valence-corrected chi connectivity index (χ2v) is 5.38. The lowest BCUT2D eigenvalue weighted by Gasteiger charge is -2.27. The van der Waals surface area contributed by atoms with E-state index in [0.29, 0.717) is 5.56 Å². The first-order valence-electron chi connectivity index (χ1n) is 7.00. The number of ketones is 1. The van der Waals surface area contributed by atoms with Gasteiger partial charge in [-0.15, -0.1) is 0 Å². The van der Waals surface area contributed by atoms with Gasteiger partial charge >= 0.3 is 0 Å². The lowest BCUT2D eigenvalue weighted by molar-refractivity contribution is 0.0870. The summed E-state index contributed by atoms with van der Waals surface area (Å²) in [4.78, 5) is 12.3. The Morgan fingerprint density at radius 2 is 1.78 bits per heavy atom. The van der Waals surface area contributed by atoms with Crippen LogP contribution in [0.1, 0.15) is 55.8 Å². The highest BCUT2D eigenvalue weighted by Crippen LogP contribution is 2.33. The second kappa shape index (κ2) is 6.12. The number of hydrogen-bond donors (Lipinski definition) is 0. The molecule has 1 aliphatic carbocycles. The number of rotatable bonds is 4. The number of hydrogen-bond acceptors (Lipinski definition) is 1. The van der Waals surface area contributed by atoms with Crippen LogP contribution in [0.2, 0.25) is 0 Å². The van der Waals surface area contributed by atoms with Gasteiger partial charge in [0.15, 0.2) is 5.78 Å². The average molecular weight is 248 g/mol. The largest absolute Gasteiger partial charge is 0.294 e. The Hall–Kier alpha value is -1.18. The van der Waals surface area contributed by atoms with E-state index < -0.39 is 0 Å². The molecular weight excluding hydrogens is 227 g/mol. The minimum absolute atomic E-state index is 0.156. The van der Waals surface area contributed by atoms with Gasteiger partial charge in [0, 0.05) is 11.5 Å². The molecule has 0 atom stereocenters. The molecule has 1 aromatic carbocycles. The van der Waals surface area contributed by atoms with Crippen LogP contribution in [0, 0.1) is 17.7 Å². The maximum absolute atomic E-state index is 12.8. The third kappa shape index (κ3) is 3.18. The lowest BCUT2D eigenvalue weighted by atomic mass is 9.77. The van der Waals surface area contributed by atoms with Gasteiger partial charge in [0.1, 0.15) is 5.82 Å². The van der Waals surface area contributed by atoms with Crippen LogP contribution in [0.3, 0.4) is 0 Å². The van der Waals surface area contributed by atoms with Crippen LogP contribution in [0.5, 0.6) is 0 Å². The van der Waals surface area contributed by atoms with Gasteiger partial charge in [-0.1, -0.05) is 19.8 Å². The molecule has 0 aromatic heterocycles. The van der Waals surface area contributed by atoms with Gasteiger partial charge in [0.2, 0.25) is 0 Å². The molecule has 18 heavy (non-hydrogen) atoms. The first kappa shape index (κ1) is 13.3. The highest BCUT2D eigenvalue weighted by molar-refractivity contribution is 5.97. The molecule has 1 aromatic rings. The molecule has 0 aliphatic heterocycles. The monoisotopic (exact) mass is 248 g/mol. The number of benzene rings is 1. The van der Waals surface area contributed by atoms with Crippen molar-refractivity contribution >= 4 is 5.78 Å². The number of carbonyl (C=O) groups is 1. The molecule has 1 aliphatic rings. The van der Waals surface area contributed by atoms with Crippen molar-refractivity contribution in [2.75, 3.05) is 0 Å². The molecule has 1 saturated carbocycles. The zero-order valence-corrected chi connectivity index (χ0v) is 11.0. The van der Waals surface area contributed by atoms with Gasteiger partial charge in [0.25, 0.3) is 0 Å². The van der Waals surface area contributed by atoms with E-state index in [1.54, 1.807) is 12.1 Å².